The van der Waals surface area contributed by atoms with Gasteiger partial charge in [0.05, 0.1) is 6.20 Å². The lowest BCUT2D eigenvalue weighted by molar-refractivity contribution is -0.115. The maximum atomic E-state index is 14.8. The zero-order valence-corrected chi connectivity index (χ0v) is 23.2. The molecule has 3 heterocycles. The SMILES string of the molecule is CCC(=O)Nc1cc(Nc2ncc(F)c(-c3cc(F)c4nn(C)cc4c3)n2)ccc1C(C)N1CCN(CC)CC1. The van der Waals surface area contributed by atoms with Crippen LogP contribution in [0.4, 0.5) is 26.1 Å². The molecule has 1 aliphatic heterocycles. The first kappa shape index (κ1) is 27.6. The van der Waals surface area contributed by atoms with Crippen molar-refractivity contribution in [3.8, 4) is 11.3 Å². The average molecular weight is 549 g/mol. The minimum atomic E-state index is -0.670. The number of carbonyl (C=O) groups is 1. The van der Waals surface area contributed by atoms with Gasteiger partial charge >= 0.3 is 0 Å². The molecule has 5 rings (SSSR count). The molecule has 2 aromatic carbocycles. The predicted molar refractivity (Wildman–Crippen MR) is 152 cm³/mol. The Morgan fingerprint density at radius 3 is 2.58 bits per heavy atom. The van der Waals surface area contributed by atoms with Gasteiger partial charge in [-0.3, -0.25) is 14.4 Å². The van der Waals surface area contributed by atoms with Gasteiger partial charge in [0.1, 0.15) is 11.2 Å². The number of carbonyl (C=O) groups excluding carboxylic acids is 1. The minimum absolute atomic E-state index is 0.0295. The van der Waals surface area contributed by atoms with E-state index in [1.807, 2.05) is 25.1 Å². The van der Waals surface area contributed by atoms with Crippen molar-refractivity contribution in [2.45, 2.75) is 33.2 Å². The van der Waals surface area contributed by atoms with Crippen LogP contribution < -0.4 is 10.6 Å². The molecular formula is C29H34F2N8O. The van der Waals surface area contributed by atoms with Crippen LogP contribution in [0.5, 0.6) is 0 Å². The lowest BCUT2D eigenvalue weighted by Crippen LogP contribution is -2.46. The van der Waals surface area contributed by atoms with Crippen LogP contribution in [0.2, 0.25) is 0 Å². The topological polar surface area (TPSA) is 91.2 Å². The first-order chi connectivity index (χ1) is 19.2. The summed E-state index contributed by atoms with van der Waals surface area (Å²) in [5.74, 6) is -1.17. The molecular weight excluding hydrogens is 514 g/mol. The van der Waals surface area contributed by atoms with Gasteiger partial charge < -0.3 is 15.5 Å². The third-order valence-electron chi connectivity index (χ3n) is 7.45. The molecule has 40 heavy (non-hydrogen) atoms. The van der Waals surface area contributed by atoms with Crippen LogP contribution in [0.15, 0.2) is 42.7 Å². The minimum Gasteiger partial charge on any atom is -0.326 e. The van der Waals surface area contributed by atoms with Crippen molar-refractivity contribution in [1.82, 2.24) is 29.5 Å². The Morgan fingerprint density at radius 1 is 1.07 bits per heavy atom. The first-order valence-electron chi connectivity index (χ1n) is 13.6. The highest BCUT2D eigenvalue weighted by Crippen LogP contribution is 2.32. The van der Waals surface area contributed by atoms with E-state index in [0.717, 1.165) is 44.5 Å². The molecule has 11 heteroatoms. The molecule has 2 N–H and O–H groups in total. The number of aryl methyl sites for hydroxylation is 1. The number of anilines is 3. The van der Waals surface area contributed by atoms with Crippen molar-refractivity contribution in [1.29, 1.82) is 0 Å². The van der Waals surface area contributed by atoms with E-state index in [9.17, 15) is 13.6 Å². The van der Waals surface area contributed by atoms with Crippen LogP contribution in [-0.4, -0.2) is 68.2 Å². The monoisotopic (exact) mass is 548 g/mol. The molecule has 0 radical (unpaired) electrons. The molecule has 0 bridgehead atoms. The van der Waals surface area contributed by atoms with Crippen LogP contribution in [0.25, 0.3) is 22.2 Å². The fourth-order valence-electron chi connectivity index (χ4n) is 5.12. The Kier molecular flexibility index (Phi) is 8.04. The summed E-state index contributed by atoms with van der Waals surface area (Å²) in [6, 6.07) is 8.69. The molecule has 1 saturated heterocycles. The van der Waals surface area contributed by atoms with Crippen LogP contribution in [-0.2, 0) is 11.8 Å². The summed E-state index contributed by atoms with van der Waals surface area (Å²) < 4.78 is 31.0. The second-order valence-electron chi connectivity index (χ2n) is 10.1. The molecule has 1 unspecified atom stereocenters. The molecule has 9 nitrogen and oxygen atoms in total. The number of hydrogen-bond donors (Lipinski definition) is 2. The van der Waals surface area contributed by atoms with Crippen molar-refractivity contribution in [2.24, 2.45) is 7.05 Å². The van der Waals surface area contributed by atoms with Crippen LogP contribution in [0.3, 0.4) is 0 Å². The number of likely N-dealkylation sites (N-methyl/N-ethyl adjacent to an activating group) is 1. The molecule has 4 aromatic rings. The van der Waals surface area contributed by atoms with Crippen LogP contribution >= 0.6 is 0 Å². The Labute approximate surface area is 232 Å². The Hall–Kier alpha value is -3.96. The molecule has 1 amide bonds. The van der Waals surface area contributed by atoms with Crippen LogP contribution in [0.1, 0.15) is 38.8 Å². The van der Waals surface area contributed by atoms with Crippen molar-refractivity contribution >= 4 is 34.1 Å². The second-order valence-corrected chi connectivity index (χ2v) is 10.1. The van der Waals surface area contributed by atoms with Crippen molar-refractivity contribution < 1.29 is 13.6 Å². The van der Waals surface area contributed by atoms with E-state index < -0.39 is 11.6 Å². The van der Waals surface area contributed by atoms with Gasteiger partial charge in [-0.1, -0.05) is 19.9 Å². The van der Waals surface area contributed by atoms with Gasteiger partial charge in [0, 0.05) is 74.2 Å². The van der Waals surface area contributed by atoms with E-state index in [4.69, 9.17) is 0 Å². The molecule has 1 atom stereocenters. The van der Waals surface area contributed by atoms with E-state index in [0.29, 0.717) is 23.2 Å². The normalized spacial score (nSPS) is 15.3. The summed E-state index contributed by atoms with van der Waals surface area (Å²) in [5.41, 5.74) is 2.81. The predicted octanol–water partition coefficient (Wildman–Crippen LogP) is 5.10. The molecule has 1 fully saturated rings. The molecule has 210 valence electrons. The molecule has 0 spiro atoms. The number of halogens is 2. The lowest BCUT2D eigenvalue weighted by Gasteiger charge is -2.38. The van der Waals surface area contributed by atoms with Gasteiger partial charge in [-0.25, -0.2) is 18.7 Å². The highest BCUT2D eigenvalue weighted by Gasteiger charge is 2.24. The Balaban J connectivity index is 1.42. The number of hydrogen-bond acceptors (Lipinski definition) is 7. The van der Waals surface area contributed by atoms with E-state index in [2.05, 4.69) is 49.3 Å². The number of nitrogens with one attached hydrogen (secondary N) is 2. The molecule has 2 aromatic heterocycles. The zero-order chi connectivity index (χ0) is 28.4. The summed E-state index contributed by atoms with van der Waals surface area (Å²) in [6.07, 6.45) is 3.07. The number of amides is 1. The highest BCUT2D eigenvalue weighted by atomic mass is 19.1. The third-order valence-corrected chi connectivity index (χ3v) is 7.45. The smallest absolute Gasteiger partial charge is 0.227 e. The maximum absolute atomic E-state index is 14.8. The zero-order valence-electron chi connectivity index (χ0n) is 23.2. The van der Waals surface area contributed by atoms with Gasteiger partial charge in [0.15, 0.2) is 11.6 Å². The summed E-state index contributed by atoms with van der Waals surface area (Å²) in [7, 11) is 1.70. The van der Waals surface area contributed by atoms with Gasteiger partial charge in [-0.05, 0) is 43.3 Å². The second kappa shape index (κ2) is 11.6. The summed E-state index contributed by atoms with van der Waals surface area (Å²) >= 11 is 0. The fraction of sp³-hybridized carbons (Fsp3) is 0.379. The largest absolute Gasteiger partial charge is 0.326 e. The quantitative estimate of drug-likeness (QED) is 0.317. The van der Waals surface area contributed by atoms with Gasteiger partial charge in [0.25, 0.3) is 0 Å². The van der Waals surface area contributed by atoms with E-state index >= 15 is 0 Å². The molecule has 0 saturated carbocycles. The Morgan fingerprint density at radius 2 is 1.85 bits per heavy atom. The number of piperazine rings is 1. The van der Waals surface area contributed by atoms with Crippen LogP contribution in [0, 0.1) is 11.6 Å². The number of nitrogens with zero attached hydrogens (tertiary/aromatic N) is 6. The number of aromatic nitrogens is 4. The highest BCUT2D eigenvalue weighted by molar-refractivity contribution is 5.92. The van der Waals surface area contributed by atoms with Gasteiger partial charge in [-0.15, -0.1) is 0 Å². The third kappa shape index (κ3) is 5.80. The first-order valence-corrected chi connectivity index (χ1v) is 13.6. The standard InChI is InChI=1S/C29H34F2N8O/c1-5-26(40)34-25-15-21(7-8-22(25)18(3)39-11-9-38(6-2)10-12-39)33-29-32-16-24(31)27(35-29)19-13-20-17-37(4)36-28(20)23(30)14-19/h7-8,13-18H,5-6,9-12H2,1-4H3,(H,34,40)(H,32,33,35). The maximum Gasteiger partial charge on any atom is 0.227 e. The summed E-state index contributed by atoms with van der Waals surface area (Å²) in [6.45, 7) is 11.1. The number of fused-ring (bicyclic) bond motifs is 1. The van der Waals surface area contributed by atoms with Crippen molar-refractivity contribution in [3.05, 3.63) is 59.9 Å². The van der Waals surface area contributed by atoms with E-state index in [1.54, 1.807) is 19.3 Å². The van der Waals surface area contributed by atoms with E-state index in [1.165, 1.54) is 10.7 Å². The lowest BCUT2D eigenvalue weighted by atomic mass is 10.0. The molecule has 0 aliphatic carbocycles. The molecule has 1 aliphatic rings. The van der Waals surface area contributed by atoms with Crippen molar-refractivity contribution in [2.75, 3.05) is 43.4 Å². The average Bonchev–Trinajstić information content (AvgIpc) is 3.34. The Bertz CT molecular complexity index is 1530. The number of benzene rings is 2. The van der Waals surface area contributed by atoms with Crippen molar-refractivity contribution in [3.63, 3.8) is 0 Å². The van der Waals surface area contributed by atoms with E-state index in [-0.39, 0.29) is 34.7 Å². The van der Waals surface area contributed by atoms with Gasteiger partial charge in [0.2, 0.25) is 11.9 Å². The fourth-order valence-corrected chi connectivity index (χ4v) is 5.12. The summed E-state index contributed by atoms with van der Waals surface area (Å²) in [5, 5.41) is 10.8. The summed E-state index contributed by atoms with van der Waals surface area (Å²) in [4.78, 5) is 25.7. The van der Waals surface area contributed by atoms with Gasteiger partial charge in [-0.2, -0.15) is 5.10 Å². The number of rotatable bonds is 8.